The summed E-state index contributed by atoms with van der Waals surface area (Å²) in [5, 5.41) is -0.454. The zero-order chi connectivity index (χ0) is 13.3. The second-order valence-corrected chi connectivity index (χ2v) is 4.70. The van der Waals surface area contributed by atoms with Crippen LogP contribution in [-0.4, -0.2) is 37.0 Å². The summed E-state index contributed by atoms with van der Waals surface area (Å²) in [6, 6.07) is 0. The van der Waals surface area contributed by atoms with E-state index in [1.165, 1.54) is 0 Å². The van der Waals surface area contributed by atoms with E-state index in [1.54, 1.807) is 14.0 Å². The molecule has 0 spiro atoms. The van der Waals surface area contributed by atoms with Crippen molar-refractivity contribution in [1.82, 2.24) is 0 Å². The third-order valence-electron chi connectivity index (χ3n) is 1.80. The largest absolute Gasteiger partial charge is 0.425 e. The maximum atomic E-state index is 11.4. The Labute approximate surface area is 106 Å². The first-order valence-electron chi connectivity index (χ1n) is 5.53. The molecule has 0 N–H and O–H groups in total. The van der Waals surface area contributed by atoms with Gasteiger partial charge >= 0.3 is 11.3 Å². The number of ether oxygens (including phenoxy) is 3. The van der Waals surface area contributed by atoms with Crippen LogP contribution >= 0.6 is 11.8 Å². The minimum absolute atomic E-state index is 0.0718. The maximum Gasteiger partial charge on any atom is 0.370 e. The van der Waals surface area contributed by atoms with Crippen LogP contribution in [0, 0.1) is 5.92 Å². The lowest BCUT2D eigenvalue weighted by Gasteiger charge is -2.20. The van der Waals surface area contributed by atoms with Gasteiger partial charge in [0.05, 0.1) is 6.61 Å². The lowest BCUT2D eigenvalue weighted by molar-refractivity contribution is -0.172. The summed E-state index contributed by atoms with van der Waals surface area (Å²) in [6.07, 6.45) is -0.553. The van der Waals surface area contributed by atoms with Gasteiger partial charge in [-0.05, 0) is 11.8 Å². The Kier molecular flexibility index (Phi) is 8.89. The van der Waals surface area contributed by atoms with Crippen LogP contribution < -0.4 is 0 Å². The highest BCUT2D eigenvalue weighted by molar-refractivity contribution is 8.13. The van der Waals surface area contributed by atoms with Crippen molar-refractivity contribution < 1.29 is 23.8 Å². The smallest absolute Gasteiger partial charge is 0.370 e. The summed E-state index contributed by atoms with van der Waals surface area (Å²) >= 11 is 1.00. The summed E-state index contributed by atoms with van der Waals surface area (Å²) in [5.74, 6) is 0.0675. The van der Waals surface area contributed by atoms with E-state index in [2.05, 4.69) is 0 Å². The van der Waals surface area contributed by atoms with Crippen molar-refractivity contribution in [1.29, 1.82) is 0 Å². The molecule has 0 saturated heterocycles. The van der Waals surface area contributed by atoms with E-state index in [0.29, 0.717) is 12.4 Å². The van der Waals surface area contributed by atoms with Crippen LogP contribution in [0.1, 0.15) is 27.2 Å². The van der Waals surface area contributed by atoms with Crippen LogP contribution in [0.3, 0.4) is 0 Å². The normalized spacial score (nSPS) is 12.3. The number of thioether (sulfide) groups is 1. The second kappa shape index (κ2) is 9.30. The molecule has 0 saturated carbocycles. The average Bonchev–Trinajstić information content (AvgIpc) is 2.28. The molecule has 0 amide bonds. The molecular weight excluding hydrogens is 244 g/mol. The molecule has 0 bridgehead atoms. The van der Waals surface area contributed by atoms with Crippen LogP contribution in [0.15, 0.2) is 0 Å². The molecule has 0 rings (SSSR count). The molecule has 0 aliphatic rings. The van der Waals surface area contributed by atoms with Crippen LogP contribution in [0.5, 0.6) is 0 Å². The molecule has 0 aromatic heterocycles. The Morgan fingerprint density at radius 1 is 1.24 bits per heavy atom. The molecule has 17 heavy (non-hydrogen) atoms. The Morgan fingerprint density at radius 2 is 1.88 bits per heavy atom. The Hall–Kier alpha value is -0.750. The monoisotopic (exact) mass is 264 g/mol. The molecule has 0 fully saturated rings. The van der Waals surface area contributed by atoms with Gasteiger partial charge in [-0.15, -0.1) is 0 Å². The lowest BCUT2D eigenvalue weighted by atomic mass is 10.2. The number of hydrogen-bond donors (Lipinski definition) is 0. The molecule has 0 aliphatic carbocycles. The maximum absolute atomic E-state index is 11.4. The summed E-state index contributed by atoms with van der Waals surface area (Å²) in [7, 11) is 1.56. The highest BCUT2D eigenvalue weighted by Crippen LogP contribution is 2.15. The summed E-state index contributed by atoms with van der Waals surface area (Å²) in [4.78, 5) is 22.5. The molecule has 100 valence electrons. The third kappa shape index (κ3) is 8.04. The first kappa shape index (κ1) is 16.2. The molecule has 0 aromatic carbocycles. The fourth-order valence-corrected chi connectivity index (χ4v) is 1.43. The zero-order valence-electron chi connectivity index (χ0n) is 10.7. The van der Waals surface area contributed by atoms with E-state index in [9.17, 15) is 9.59 Å². The predicted molar refractivity (Wildman–Crippen MR) is 65.8 cm³/mol. The van der Waals surface area contributed by atoms with Gasteiger partial charge in [-0.3, -0.25) is 4.79 Å². The Balaban J connectivity index is 4.06. The van der Waals surface area contributed by atoms with Gasteiger partial charge in [-0.2, -0.15) is 0 Å². The summed E-state index contributed by atoms with van der Waals surface area (Å²) < 4.78 is 14.9. The van der Waals surface area contributed by atoms with E-state index in [1.807, 2.05) is 13.8 Å². The minimum Gasteiger partial charge on any atom is -0.425 e. The molecule has 0 radical (unpaired) electrons. The Bertz CT molecular complexity index is 242. The standard InChI is InChI=1S/C11H20O5S/c1-5-9(12)15-10(8(2)3)16-11(13)17-7-6-14-4/h8,10H,5-7H2,1-4H3. The van der Waals surface area contributed by atoms with Gasteiger partial charge in [0.25, 0.3) is 6.29 Å². The molecule has 0 heterocycles. The summed E-state index contributed by atoms with van der Waals surface area (Å²) in [6.45, 7) is 5.80. The van der Waals surface area contributed by atoms with Crippen molar-refractivity contribution in [2.45, 2.75) is 33.5 Å². The highest BCUT2D eigenvalue weighted by atomic mass is 32.2. The van der Waals surface area contributed by atoms with Crippen LogP contribution in [0.25, 0.3) is 0 Å². The van der Waals surface area contributed by atoms with E-state index < -0.39 is 11.6 Å². The summed E-state index contributed by atoms with van der Waals surface area (Å²) in [5.41, 5.74) is 0. The number of carbonyl (C=O) groups is 2. The van der Waals surface area contributed by atoms with Crippen molar-refractivity contribution in [2.75, 3.05) is 19.5 Å². The molecule has 0 aliphatic heterocycles. The fraction of sp³-hybridized carbons (Fsp3) is 0.818. The minimum atomic E-state index is -0.815. The van der Waals surface area contributed by atoms with Crippen molar-refractivity contribution in [3.05, 3.63) is 0 Å². The van der Waals surface area contributed by atoms with Crippen molar-refractivity contribution in [3.63, 3.8) is 0 Å². The third-order valence-corrected chi connectivity index (χ3v) is 2.50. The fourth-order valence-electron chi connectivity index (χ4n) is 0.846. The van der Waals surface area contributed by atoms with Gasteiger partial charge in [0.2, 0.25) is 0 Å². The van der Waals surface area contributed by atoms with Crippen LogP contribution in [-0.2, 0) is 19.0 Å². The lowest BCUT2D eigenvalue weighted by Crippen LogP contribution is -2.28. The Morgan fingerprint density at radius 3 is 2.35 bits per heavy atom. The number of carbonyl (C=O) groups excluding carboxylic acids is 2. The topological polar surface area (TPSA) is 61.8 Å². The van der Waals surface area contributed by atoms with E-state index in [4.69, 9.17) is 14.2 Å². The number of esters is 1. The number of methoxy groups -OCH3 is 1. The molecule has 6 heteroatoms. The van der Waals surface area contributed by atoms with Gasteiger partial charge < -0.3 is 14.2 Å². The highest BCUT2D eigenvalue weighted by Gasteiger charge is 2.22. The van der Waals surface area contributed by atoms with Gasteiger partial charge in [0, 0.05) is 25.2 Å². The average molecular weight is 264 g/mol. The van der Waals surface area contributed by atoms with Gasteiger partial charge in [-0.1, -0.05) is 20.8 Å². The first-order chi connectivity index (χ1) is 8.01. The zero-order valence-corrected chi connectivity index (χ0v) is 11.5. The first-order valence-corrected chi connectivity index (χ1v) is 6.51. The van der Waals surface area contributed by atoms with E-state index >= 15 is 0 Å². The molecule has 0 aromatic rings. The molecule has 5 nitrogen and oxygen atoms in total. The van der Waals surface area contributed by atoms with Crippen molar-refractivity contribution >= 4 is 23.0 Å². The van der Waals surface area contributed by atoms with Gasteiger partial charge in [0.1, 0.15) is 0 Å². The SMILES string of the molecule is CCC(=O)OC(OC(=O)SCCOC)C(C)C. The molecule has 1 unspecified atom stereocenters. The van der Waals surface area contributed by atoms with Crippen molar-refractivity contribution in [2.24, 2.45) is 5.92 Å². The number of rotatable bonds is 7. The second-order valence-electron chi connectivity index (χ2n) is 3.66. The quantitative estimate of drug-likeness (QED) is 0.400. The molecular formula is C11H20O5S. The predicted octanol–water partition coefficient (Wildman–Crippen LogP) is 2.44. The van der Waals surface area contributed by atoms with E-state index in [0.717, 1.165) is 11.8 Å². The van der Waals surface area contributed by atoms with Gasteiger partial charge in [0.15, 0.2) is 0 Å². The molecule has 1 atom stereocenters. The van der Waals surface area contributed by atoms with Crippen molar-refractivity contribution in [3.8, 4) is 0 Å². The van der Waals surface area contributed by atoms with E-state index in [-0.39, 0.29) is 18.3 Å². The van der Waals surface area contributed by atoms with Crippen LogP contribution in [0.2, 0.25) is 0 Å². The van der Waals surface area contributed by atoms with Gasteiger partial charge in [-0.25, -0.2) is 4.79 Å². The number of hydrogen-bond acceptors (Lipinski definition) is 6. The van der Waals surface area contributed by atoms with Crippen LogP contribution in [0.4, 0.5) is 4.79 Å².